The number of rotatable bonds is 4. The normalized spacial score (nSPS) is 16.0. The van der Waals surface area contributed by atoms with Crippen LogP contribution in [0.3, 0.4) is 0 Å². The van der Waals surface area contributed by atoms with Crippen LogP contribution in [0.25, 0.3) is 21.2 Å². The molecule has 0 unspecified atom stereocenters. The number of anilines is 1. The molecule has 178 valence electrons. The molecule has 3 aromatic carbocycles. The number of carbonyl (C=O) groups is 2. The number of fused-ring (bicyclic) bond motifs is 2. The number of aliphatic hydroxyl groups excluding tert-OH is 1. The molecule has 1 atom stereocenters. The second-order valence-electron chi connectivity index (χ2n) is 8.79. The third kappa shape index (κ3) is 3.41. The van der Waals surface area contributed by atoms with Crippen LogP contribution >= 0.6 is 11.3 Å². The van der Waals surface area contributed by atoms with Gasteiger partial charge >= 0.3 is 0 Å². The van der Waals surface area contributed by atoms with Crippen LogP contribution in [-0.2, 0) is 4.79 Å². The van der Waals surface area contributed by atoms with Gasteiger partial charge < -0.3 is 9.52 Å². The fourth-order valence-corrected chi connectivity index (χ4v) is 5.85. The molecule has 0 saturated heterocycles. The predicted octanol–water partition coefficient (Wildman–Crippen LogP) is 6.58. The van der Waals surface area contributed by atoms with Crippen LogP contribution in [0.5, 0.6) is 0 Å². The number of Topliss-reactive ketones (excluding diaryl/α,β-unsaturated/α-hetero) is 1. The number of benzene rings is 3. The number of aliphatic hydroxyl groups is 1. The number of hydrogen-bond donors (Lipinski definition) is 1. The zero-order chi connectivity index (χ0) is 25.1. The maximum atomic E-state index is 13.8. The molecule has 36 heavy (non-hydrogen) atoms. The Morgan fingerprint density at radius 2 is 1.83 bits per heavy atom. The number of thiazole rings is 1. The molecule has 1 N–H and O–H groups in total. The summed E-state index contributed by atoms with van der Waals surface area (Å²) in [4.78, 5) is 33.1. The first-order chi connectivity index (χ1) is 17.3. The number of carbonyl (C=O) groups excluding carboxylic acids is 2. The molecule has 0 saturated carbocycles. The first kappa shape index (κ1) is 22.2. The van der Waals surface area contributed by atoms with Crippen molar-refractivity contribution in [2.24, 2.45) is 0 Å². The van der Waals surface area contributed by atoms with Crippen molar-refractivity contribution in [2.45, 2.75) is 19.9 Å². The molecule has 0 fully saturated rings. The summed E-state index contributed by atoms with van der Waals surface area (Å²) in [6, 6.07) is 17.2. The second kappa shape index (κ2) is 8.13. The maximum absolute atomic E-state index is 13.8. The van der Waals surface area contributed by atoms with E-state index in [1.807, 2.05) is 32.0 Å². The van der Waals surface area contributed by atoms with Crippen LogP contribution in [0, 0.1) is 19.7 Å². The van der Waals surface area contributed by atoms with Crippen LogP contribution < -0.4 is 4.90 Å². The number of halogens is 1. The average Bonchev–Trinajstić information content (AvgIpc) is 3.54. The van der Waals surface area contributed by atoms with Gasteiger partial charge in [0.25, 0.3) is 5.91 Å². The summed E-state index contributed by atoms with van der Waals surface area (Å²) in [6.45, 7) is 3.92. The van der Waals surface area contributed by atoms with Gasteiger partial charge in [0, 0.05) is 5.39 Å². The monoisotopic (exact) mass is 498 g/mol. The van der Waals surface area contributed by atoms with E-state index in [0.29, 0.717) is 16.3 Å². The minimum absolute atomic E-state index is 0.00437. The number of hydrogen-bond acceptors (Lipinski definition) is 6. The third-order valence-electron chi connectivity index (χ3n) is 6.31. The lowest BCUT2D eigenvalue weighted by molar-refractivity contribution is -0.117. The molecule has 0 spiro atoms. The van der Waals surface area contributed by atoms with Gasteiger partial charge in [-0.05, 0) is 60.9 Å². The number of aromatic nitrogens is 1. The van der Waals surface area contributed by atoms with Crippen molar-refractivity contribution < 1.29 is 23.5 Å². The topological polar surface area (TPSA) is 83.6 Å². The Bertz CT molecular complexity index is 1700. The number of aryl methyl sites for hydroxylation is 2. The standard InChI is InChI=1S/C28H19FN2O4S/c1-14-11-15(2)23-21(12-14)36-28(30-23)31-24(16-7-9-18(29)10-8-16)22(26(33)27(31)34)25(32)20-13-17-5-3-4-6-19(17)35-20/h3-13,24,33H,1-2H3/t24-/m1/s1. The van der Waals surface area contributed by atoms with Gasteiger partial charge in [0.2, 0.25) is 5.78 Å². The summed E-state index contributed by atoms with van der Waals surface area (Å²) < 4.78 is 20.4. The van der Waals surface area contributed by atoms with E-state index >= 15 is 0 Å². The highest BCUT2D eigenvalue weighted by Gasteiger charge is 2.46. The zero-order valence-corrected chi connectivity index (χ0v) is 20.1. The van der Waals surface area contributed by atoms with E-state index in [1.165, 1.54) is 40.5 Å². The molecule has 1 amide bonds. The van der Waals surface area contributed by atoms with Gasteiger partial charge in [0.1, 0.15) is 11.4 Å². The van der Waals surface area contributed by atoms with Gasteiger partial charge in [-0.3, -0.25) is 14.5 Å². The van der Waals surface area contributed by atoms with Crippen molar-refractivity contribution in [2.75, 3.05) is 4.90 Å². The highest BCUT2D eigenvalue weighted by atomic mass is 32.1. The van der Waals surface area contributed by atoms with Crippen LogP contribution in [0.4, 0.5) is 9.52 Å². The number of para-hydroxylation sites is 1. The second-order valence-corrected chi connectivity index (χ2v) is 9.80. The van der Waals surface area contributed by atoms with Gasteiger partial charge in [-0.2, -0.15) is 0 Å². The molecule has 8 heteroatoms. The summed E-state index contributed by atoms with van der Waals surface area (Å²) in [5, 5.41) is 12.0. The molecule has 0 aliphatic carbocycles. The Labute approximate surface area is 208 Å². The van der Waals surface area contributed by atoms with Crippen molar-refractivity contribution in [1.29, 1.82) is 0 Å². The summed E-state index contributed by atoms with van der Waals surface area (Å²) in [5.41, 5.74) is 3.58. The van der Waals surface area contributed by atoms with Gasteiger partial charge in [-0.1, -0.05) is 47.7 Å². The lowest BCUT2D eigenvalue weighted by Crippen LogP contribution is -2.31. The molecular formula is C28H19FN2O4S. The molecule has 1 aliphatic heterocycles. The molecule has 6 nitrogen and oxygen atoms in total. The van der Waals surface area contributed by atoms with Gasteiger partial charge in [0.15, 0.2) is 16.7 Å². The molecule has 3 heterocycles. The lowest BCUT2D eigenvalue weighted by atomic mass is 9.95. The minimum Gasteiger partial charge on any atom is -0.503 e. The van der Waals surface area contributed by atoms with Crippen LogP contribution in [0.15, 0.2) is 82.5 Å². The van der Waals surface area contributed by atoms with Crippen molar-refractivity contribution in [3.63, 3.8) is 0 Å². The van der Waals surface area contributed by atoms with E-state index in [9.17, 15) is 19.1 Å². The molecule has 0 radical (unpaired) electrons. The first-order valence-electron chi connectivity index (χ1n) is 11.2. The Balaban J connectivity index is 1.52. The fraction of sp³-hybridized carbons (Fsp3) is 0.107. The van der Waals surface area contributed by atoms with Gasteiger partial charge in [-0.15, -0.1) is 0 Å². The van der Waals surface area contributed by atoms with Crippen LogP contribution in [0.1, 0.15) is 33.3 Å². The number of furan rings is 1. The first-order valence-corrected chi connectivity index (χ1v) is 12.1. The van der Waals surface area contributed by atoms with Crippen molar-refractivity contribution in [1.82, 2.24) is 4.98 Å². The lowest BCUT2D eigenvalue weighted by Gasteiger charge is -2.24. The van der Waals surface area contributed by atoms with E-state index in [-0.39, 0.29) is 11.3 Å². The number of nitrogens with zero attached hydrogens (tertiary/aromatic N) is 2. The molecular weight excluding hydrogens is 479 g/mol. The van der Waals surface area contributed by atoms with Crippen LogP contribution in [-0.4, -0.2) is 21.8 Å². The number of ketones is 1. The van der Waals surface area contributed by atoms with Crippen molar-refractivity contribution in [3.8, 4) is 0 Å². The minimum atomic E-state index is -1.01. The highest BCUT2D eigenvalue weighted by Crippen LogP contribution is 2.45. The Morgan fingerprint density at radius 3 is 2.58 bits per heavy atom. The molecule has 1 aliphatic rings. The maximum Gasteiger partial charge on any atom is 0.296 e. The fourth-order valence-electron chi connectivity index (χ4n) is 4.68. The molecule has 5 aromatic rings. The van der Waals surface area contributed by atoms with Gasteiger partial charge in [0.05, 0.1) is 21.8 Å². The average molecular weight is 499 g/mol. The summed E-state index contributed by atoms with van der Waals surface area (Å²) >= 11 is 1.29. The van der Waals surface area contributed by atoms with Gasteiger partial charge in [-0.25, -0.2) is 9.37 Å². The SMILES string of the molecule is Cc1cc(C)c2nc(N3C(=O)C(O)=C(C(=O)c4cc5ccccc5o4)[C@H]3c3ccc(F)cc3)sc2c1. The molecule has 0 bridgehead atoms. The summed E-state index contributed by atoms with van der Waals surface area (Å²) in [7, 11) is 0. The van der Waals surface area contributed by atoms with E-state index in [1.54, 1.807) is 24.3 Å². The third-order valence-corrected chi connectivity index (χ3v) is 7.31. The number of amides is 1. The summed E-state index contributed by atoms with van der Waals surface area (Å²) in [5.74, 6) is -2.52. The highest BCUT2D eigenvalue weighted by molar-refractivity contribution is 7.22. The Morgan fingerprint density at radius 1 is 1.08 bits per heavy atom. The Hall–Kier alpha value is -4.30. The summed E-state index contributed by atoms with van der Waals surface area (Å²) in [6.07, 6.45) is 0. The smallest absolute Gasteiger partial charge is 0.296 e. The van der Waals surface area contributed by atoms with E-state index in [0.717, 1.165) is 26.7 Å². The molecule has 2 aromatic heterocycles. The molecule has 6 rings (SSSR count). The zero-order valence-electron chi connectivity index (χ0n) is 19.3. The largest absolute Gasteiger partial charge is 0.503 e. The van der Waals surface area contributed by atoms with Crippen molar-refractivity contribution >= 4 is 49.3 Å². The van der Waals surface area contributed by atoms with E-state index in [4.69, 9.17) is 9.40 Å². The van der Waals surface area contributed by atoms with Crippen LogP contribution in [0.2, 0.25) is 0 Å². The predicted molar refractivity (Wildman–Crippen MR) is 136 cm³/mol. The van der Waals surface area contributed by atoms with Crippen molar-refractivity contribution in [3.05, 3.63) is 106 Å². The Kier molecular flexibility index (Phi) is 5.01. The quantitative estimate of drug-likeness (QED) is 0.283. The van der Waals surface area contributed by atoms with E-state index < -0.39 is 29.3 Å². The van der Waals surface area contributed by atoms with E-state index in [2.05, 4.69) is 0 Å².